The molecule has 0 unspecified atom stereocenters. The van der Waals surface area contributed by atoms with Gasteiger partial charge in [-0.1, -0.05) is 24.8 Å². The predicted octanol–water partition coefficient (Wildman–Crippen LogP) is 1.43. The lowest BCUT2D eigenvalue weighted by Gasteiger charge is -1.91. The van der Waals surface area contributed by atoms with E-state index in [1.54, 1.807) is 0 Å². The van der Waals surface area contributed by atoms with Crippen molar-refractivity contribution >= 4 is 0 Å². The monoisotopic (exact) mass is 123 g/mol. The maximum absolute atomic E-state index is 3.59. The second kappa shape index (κ2) is 3.46. The second-order valence-electron chi connectivity index (χ2n) is 2.29. The third-order valence-corrected chi connectivity index (χ3v) is 1.42. The molecule has 0 aliphatic carbocycles. The second-order valence-corrected chi connectivity index (χ2v) is 2.29. The average molecular weight is 123 g/mol. The maximum Gasteiger partial charge on any atom is 0.0110 e. The molecule has 0 aromatic carbocycles. The molecule has 0 atom stereocenters. The summed E-state index contributed by atoms with van der Waals surface area (Å²) in [4.78, 5) is 2.41. The molecule has 0 amide bonds. The molecule has 1 nitrogen and oxygen atoms in total. The highest BCUT2D eigenvalue weighted by Gasteiger charge is 2.14. The van der Waals surface area contributed by atoms with Gasteiger partial charge in [0, 0.05) is 19.6 Å². The zero-order chi connectivity index (χ0) is 6.53. The molecular weight excluding hydrogens is 110 g/mol. The van der Waals surface area contributed by atoms with Crippen molar-refractivity contribution in [3.05, 3.63) is 24.8 Å². The van der Waals surface area contributed by atoms with Crippen LogP contribution in [0, 0.1) is 0 Å². The van der Waals surface area contributed by atoms with E-state index in [2.05, 4.69) is 17.6 Å². The van der Waals surface area contributed by atoms with Gasteiger partial charge in [-0.05, 0) is 6.42 Å². The van der Waals surface area contributed by atoms with Crippen LogP contribution in [0.4, 0.5) is 0 Å². The molecule has 0 N–H and O–H groups in total. The molecule has 0 bridgehead atoms. The molecule has 1 aliphatic rings. The summed E-state index contributed by atoms with van der Waals surface area (Å²) >= 11 is 0. The standard InChI is InChI=1S/C8H13N/c1-2-3-4-5-6-9-7-8-9/h2-4H,1,5-8H2. The molecule has 0 radical (unpaired) electrons. The summed E-state index contributed by atoms with van der Waals surface area (Å²) in [5.74, 6) is 0. The number of hydrogen-bond acceptors (Lipinski definition) is 1. The summed E-state index contributed by atoms with van der Waals surface area (Å²) in [5.41, 5.74) is 0. The maximum atomic E-state index is 3.59. The zero-order valence-corrected chi connectivity index (χ0v) is 5.71. The minimum atomic E-state index is 1.17. The van der Waals surface area contributed by atoms with Crippen LogP contribution < -0.4 is 0 Å². The van der Waals surface area contributed by atoms with Crippen molar-refractivity contribution in [2.75, 3.05) is 19.6 Å². The van der Waals surface area contributed by atoms with E-state index in [4.69, 9.17) is 0 Å². The van der Waals surface area contributed by atoms with E-state index in [9.17, 15) is 0 Å². The predicted molar refractivity (Wildman–Crippen MR) is 40.4 cm³/mol. The third kappa shape index (κ3) is 3.09. The molecule has 1 rings (SSSR count). The summed E-state index contributed by atoms with van der Waals surface area (Å²) in [6.07, 6.45) is 7.16. The van der Waals surface area contributed by atoms with Gasteiger partial charge in [0.15, 0.2) is 0 Å². The largest absolute Gasteiger partial charge is 0.300 e. The van der Waals surface area contributed by atoms with Crippen LogP contribution in [-0.4, -0.2) is 24.5 Å². The Morgan fingerprint density at radius 3 is 2.78 bits per heavy atom. The lowest BCUT2D eigenvalue weighted by molar-refractivity contribution is 0.567. The van der Waals surface area contributed by atoms with Crippen molar-refractivity contribution in [1.82, 2.24) is 4.90 Å². The van der Waals surface area contributed by atoms with Gasteiger partial charge in [0.25, 0.3) is 0 Å². The molecule has 1 aliphatic heterocycles. The summed E-state index contributed by atoms with van der Waals surface area (Å²) in [5, 5.41) is 0. The molecular formula is C8H13N. The highest BCUT2D eigenvalue weighted by molar-refractivity contribution is 4.97. The molecule has 1 saturated heterocycles. The van der Waals surface area contributed by atoms with E-state index >= 15 is 0 Å². The van der Waals surface area contributed by atoms with Crippen molar-refractivity contribution in [3.63, 3.8) is 0 Å². The van der Waals surface area contributed by atoms with E-state index in [1.807, 2.05) is 12.2 Å². The fourth-order valence-electron chi connectivity index (χ4n) is 0.744. The van der Waals surface area contributed by atoms with Crippen LogP contribution in [0.3, 0.4) is 0 Å². The molecule has 0 aromatic heterocycles. The van der Waals surface area contributed by atoms with Gasteiger partial charge in [-0.3, -0.25) is 0 Å². The summed E-state index contributed by atoms with van der Waals surface area (Å²) < 4.78 is 0. The molecule has 1 fully saturated rings. The fourth-order valence-corrected chi connectivity index (χ4v) is 0.744. The number of nitrogens with zero attached hydrogens (tertiary/aromatic N) is 1. The van der Waals surface area contributed by atoms with Gasteiger partial charge in [-0.2, -0.15) is 0 Å². The van der Waals surface area contributed by atoms with E-state index in [1.165, 1.54) is 26.1 Å². The highest BCUT2D eigenvalue weighted by Crippen LogP contribution is 2.03. The normalized spacial score (nSPS) is 18.7. The summed E-state index contributed by atoms with van der Waals surface area (Å²) in [6.45, 7) is 7.43. The zero-order valence-electron chi connectivity index (χ0n) is 5.71. The molecule has 1 heteroatoms. The minimum Gasteiger partial charge on any atom is -0.300 e. The fraction of sp³-hybridized carbons (Fsp3) is 0.500. The van der Waals surface area contributed by atoms with Gasteiger partial charge in [0.1, 0.15) is 0 Å². The topological polar surface area (TPSA) is 3.01 Å². The Kier molecular flexibility index (Phi) is 2.52. The SMILES string of the molecule is C=CC=CCCN1CC1. The Bertz CT molecular complexity index is 112. The first-order valence-corrected chi connectivity index (χ1v) is 3.43. The van der Waals surface area contributed by atoms with Gasteiger partial charge in [-0.15, -0.1) is 0 Å². The van der Waals surface area contributed by atoms with E-state index in [0.717, 1.165) is 0 Å². The van der Waals surface area contributed by atoms with Gasteiger partial charge in [0.2, 0.25) is 0 Å². The number of allylic oxidation sites excluding steroid dienone is 2. The van der Waals surface area contributed by atoms with Gasteiger partial charge in [0.05, 0.1) is 0 Å². The van der Waals surface area contributed by atoms with Crippen LogP contribution in [-0.2, 0) is 0 Å². The van der Waals surface area contributed by atoms with Crippen LogP contribution in [0.2, 0.25) is 0 Å². The van der Waals surface area contributed by atoms with Crippen LogP contribution in [0.25, 0.3) is 0 Å². The first-order chi connectivity index (χ1) is 4.43. The number of hydrogen-bond donors (Lipinski definition) is 0. The van der Waals surface area contributed by atoms with Crippen molar-refractivity contribution in [1.29, 1.82) is 0 Å². The van der Waals surface area contributed by atoms with Crippen LogP contribution >= 0.6 is 0 Å². The Balaban J connectivity index is 1.91. The van der Waals surface area contributed by atoms with Crippen LogP contribution in [0.5, 0.6) is 0 Å². The Morgan fingerprint density at radius 2 is 2.22 bits per heavy atom. The number of rotatable bonds is 4. The molecule has 1 heterocycles. The lowest BCUT2D eigenvalue weighted by Crippen LogP contribution is -1.95. The lowest BCUT2D eigenvalue weighted by atomic mass is 10.4. The van der Waals surface area contributed by atoms with E-state index < -0.39 is 0 Å². The Morgan fingerprint density at radius 1 is 1.44 bits per heavy atom. The van der Waals surface area contributed by atoms with E-state index in [0.29, 0.717) is 0 Å². The van der Waals surface area contributed by atoms with Gasteiger partial charge >= 0.3 is 0 Å². The van der Waals surface area contributed by atoms with Crippen molar-refractivity contribution in [3.8, 4) is 0 Å². The first-order valence-electron chi connectivity index (χ1n) is 3.43. The highest BCUT2D eigenvalue weighted by atomic mass is 15.2. The molecule has 0 aromatic rings. The third-order valence-electron chi connectivity index (χ3n) is 1.42. The molecule has 0 saturated carbocycles. The first kappa shape index (κ1) is 6.56. The van der Waals surface area contributed by atoms with Crippen molar-refractivity contribution in [2.45, 2.75) is 6.42 Å². The van der Waals surface area contributed by atoms with Crippen LogP contribution in [0.15, 0.2) is 24.8 Å². The molecule has 0 spiro atoms. The minimum absolute atomic E-state index is 1.17. The quantitative estimate of drug-likeness (QED) is 0.404. The van der Waals surface area contributed by atoms with Gasteiger partial charge in [-0.25, -0.2) is 0 Å². The Hall–Kier alpha value is -0.560. The molecule has 50 valence electrons. The van der Waals surface area contributed by atoms with Crippen molar-refractivity contribution < 1.29 is 0 Å². The van der Waals surface area contributed by atoms with E-state index in [-0.39, 0.29) is 0 Å². The average Bonchev–Trinajstić information content (AvgIpc) is 2.63. The molecule has 9 heavy (non-hydrogen) atoms. The van der Waals surface area contributed by atoms with Gasteiger partial charge < -0.3 is 4.90 Å². The smallest absolute Gasteiger partial charge is 0.0110 e. The Labute approximate surface area is 56.7 Å². The van der Waals surface area contributed by atoms with Crippen molar-refractivity contribution in [2.24, 2.45) is 0 Å². The van der Waals surface area contributed by atoms with Crippen LogP contribution in [0.1, 0.15) is 6.42 Å². The summed E-state index contributed by atoms with van der Waals surface area (Å²) in [7, 11) is 0. The summed E-state index contributed by atoms with van der Waals surface area (Å²) in [6, 6.07) is 0.